The van der Waals surface area contributed by atoms with Crippen LogP contribution in [-0.2, 0) is 18.9 Å². The Morgan fingerprint density at radius 3 is 2.37 bits per heavy atom. The van der Waals surface area contributed by atoms with Crippen molar-refractivity contribution in [2.45, 2.75) is 93.0 Å². The summed E-state index contributed by atoms with van der Waals surface area (Å²) in [5, 5.41) is 38.5. The topological polar surface area (TPSA) is 226 Å². The second-order valence-corrected chi connectivity index (χ2v) is 9.92. The highest BCUT2D eigenvalue weighted by atomic mass is 16.7. The molecule has 2 fully saturated rings. The Kier molecular flexibility index (Phi) is 10.3. The molecule has 13 nitrogen and oxygen atoms in total. The first-order valence-corrected chi connectivity index (χ1v) is 12.3. The maximum atomic E-state index is 11.1. The number of aliphatic hydroxyl groups is 3. The van der Waals surface area contributed by atoms with Gasteiger partial charge in [-0.05, 0) is 52.4 Å². The molecule has 1 unspecified atom stereocenters. The van der Waals surface area contributed by atoms with Crippen LogP contribution in [0.5, 0.6) is 0 Å². The van der Waals surface area contributed by atoms with Gasteiger partial charge in [0.1, 0.15) is 35.8 Å². The van der Waals surface area contributed by atoms with Gasteiger partial charge in [0.15, 0.2) is 6.29 Å². The number of rotatable bonds is 10. The second kappa shape index (κ2) is 12.5. The molecule has 0 spiro atoms. The molecule has 0 radical (unpaired) electrons. The maximum Gasteiger partial charge on any atom is 0.215 e. The van der Waals surface area contributed by atoms with Gasteiger partial charge < -0.3 is 67.8 Å². The Hall–Kier alpha value is -0.940. The van der Waals surface area contributed by atoms with Gasteiger partial charge in [0.25, 0.3) is 0 Å². The molecule has 3 aliphatic rings. The summed E-state index contributed by atoms with van der Waals surface area (Å²) in [6, 6.07) is -2.37. The van der Waals surface area contributed by atoms with Crippen LogP contribution in [0.1, 0.15) is 26.2 Å². The van der Waals surface area contributed by atoms with Crippen LogP contribution in [0, 0.1) is 0 Å². The van der Waals surface area contributed by atoms with E-state index in [0.717, 1.165) is 13.0 Å². The molecule has 204 valence electrons. The van der Waals surface area contributed by atoms with Crippen LogP contribution in [-0.4, -0.2) is 115 Å². The molecule has 0 aromatic heterocycles. The van der Waals surface area contributed by atoms with Gasteiger partial charge in [0.2, 0.25) is 6.29 Å². The van der Waals surface area contributed by atoms with Crippen molar-refractivity contribution in [2.75, 3.05) is 33.3 Å². The van der Waals surface area contributed by atoms with Gasteiger partial charge in [-0.1, -0.05) is 0 Å². The first-order chi connectivity index (χ1) is 16.6. The van der Waals surface area contributed by atoms with E-state index in [-0.39, 0.29) is 6.61 Å². The van der Waals surface area contributed by atoms with Gasteiger partial charge in [0.05, 0.1) is 25.2 Å². The van der Waals surface area contributed by atoms with E-state index in [9.17, 15) is 15.3 Å². The SMILES string of the molecule is CN[C@@H]1[C@@H](O)[C@@H](O[C@@H]2C(O)[C@H](O[C@H]3OC(CNCCCN)=CC[C@H]3N)[C@@H](N)C[C@H]2N)OC[C@]1(C)O. The third-order valence-electron chi connectivity index (χ3n) is 6.88. The van der Waals surface area contributed by atoms with Crippen molar-refractivity contribution < 1.29 is 34.3 Å². The molecule has 0 bridgehead atoms. The minimum atomic E-state index is -1.30. The molecule has 2 heterocycles. The Bertz CT molecular complexity index is 701. The van der Waals surface area contributed by atoms with Crippen molar-refractivity contribution in [1.29, 1.82) is 0 Å². The zero-order valence-electron chi connectivity index (χ0n) is 20.6. The van der Waals surface area contributed by atoms with E-state index in [4.69, 9.17) is 41.9 Å². The summed E-state index contributed by atoms with van der Waals surface area (Å²) in [5.41, 5.74) is 23.0. The number of nitrogens with one attached hydrogen (secondary N) is 2. The summed E-state index contributed by atoms with van der Waals surface area (Å²) < 4.78 is 23.6. The van der Waals surface area contributed by atoms with Gasteiger partial charge in [-0.2, -0.15) is 0 Å². The zero-order valence-corrected chi connectivity index (χ0v) is 20.6. The highest BCUT2D eigenvalue weighted by Gasteiger charge is 2.50. The molecule has 0 amide bonds. The van der Waals surface area contributed by atoms with Crippen LogP contribution in [0.25, 0.3) is 0 Å². The number of hydrogen-bond donors (Lipinski definition) is 9. The highest BCUT2D eigenvalue weighted by Crippen LogP contribution is 2.31. The lowest BCUT2D eigenvalue weighted by molar-refractivity contribution is -0.303. The molecular weight excluding hydrogens is 460 g/mol. The van der Waals surface area contributed by atoms with E-state index >= 15 is 0 Å². The van der Waals surface area contributed by atoms with Crippen molar-refractivity contribution in [3.63, 3.8) is 0 Å². The van der Waals surface area contributed by atoms with E-state index in [1.165, 1.54) is 0 Å². The molecular formula is C22H44N6O7. The van der Waals surface area contributed by atoms with Crippen molar-refractivity contribution in [3.05, 3.63) is 11.8 Å². The summed E-state index contributed by atoms with van der Waals surface area (Å²) >= 11 is 0. The lowest BCUT2D eigenvalue weighted by atomic mass is 9.84. The molecule has 1 saturated carbocycles. The van der Waals surface area contributed by atoms with Crippen LogP contribution in [0.3, 0.4) is 0 Å². The smallest absolute Gasteiger partial charge is 0.215 e. The van der Waals surface area contributed by atoms with Gasteiger partial charge in [-0.25, -0.2) is 0 Å². The van der Waals surface area contributed by atoms with Gasteiger partial charge in [-0.15, -0.1) is 0 Å². The molecule has 0 aromatic rings. The zero-order chi connectivity index (χ0) is 25.8. The van der Waals surface area contributed by atoms with Gasteiger partial charge >= 0.3 is 0 Å². The Morgan fingerprint density at radius 1 is 1.09 bits per heavy atom. The summed E-state index contributed by atoms with van der Waals surface area (Å²) in [6.45, 7) is 3.36. The number of ether oxygens (including phenoxy) is 4. The van der Waals surface area contributed by atoms with Crippen LogP contribution in [0.15, 0.2) is 11.8 Å². The van der Waals surface area contributed by atoms with Gasteiger partial charge in [0, 0.05) is 12.1 Å². The number of likely N-dealkylation sites (N-methyl/N-ethyl adjacent to an activating group) is 1. The molecule has 1 saturated heterocycles. The molecule has 2 aliphatic heterocycles. The third-order valence-corrected chi connectivity index (χ3v) is 6.88. The summed E-state index contributed by atoms with van der Waals surface area (Å²) in [7, 11) is 1.62. The van der Waals surface area contributed by atoms with Gasteiger partial charge in [-0.3, -0.25) is 0 Å². The highest BCUT2D eigenvalue weighted by molar-refractivity contribution is 5.05. The fourth-order valence-corrected chi connectivity index (χ4v) is 4.86. The standard InChI is InChI=1S/C22H44N6O7/c1-22(31)10-32-21(16(30)19(22)27-2)35-18-14(26)8-13(25)17(15(18)29)34-20-12(24)5-4-11(33-20)9-28-7-3-6-23/h4,12-21,27-31H,3,5-10,23-26H2,1-2H3/t12-,13+,14-,15?,16-,17-,18+,19-,20-,21-,22+/m1/s1. The maximum absolute atomic E-state index is 11.1. The molecule has 1 aliphatic carbocycles. The molecule has 13 heteroatoms. The molecule has 0 aromatic carbocycles. The number of hydrogen-bond acceptors (Lipinski definition) is 13. The van der Waals surface area contributed by atoms with E-state index < -0.39 is 66.8 Å². The molecule has 35 heavy (non-hydrogen) atoms. The summed E-state index contributed by atoms with van der Waals surface area (Å²) in [5.74, 6) is 0.695. The number of aliphatic hydroxyl groups excluding tert-OH is 2. The Balaban J connectivity index is 1.63. The van der Waals surface area contributed by atoms with E-state index in [2.05, 4.69) is 10.6 Å². The minimum Gasteiger partial charge on any atom is -0.467 e. The van der Waals surface area contributed by atoms with Crippen molar-refractivity contribution in [2.24, 2.45) is 22.9 Å². The minimum absolute atomic E-state index is 0.0725. The molecule has 13 N–H and O–H groups in total. The lowest BCUT2D eigenvalue weighted by Crippen LogP contribution is -2.68. The Morgan fingerprint density at radius 2 is 1.74 bits per heavy atom. The first kappa shape index (κ1) is 28.6. The Labute approximate surface area is 206 Å². The fourth-order valence-electron chi connectivity index (χ4n) is 4.86. The van der Waals surface area contributed by atoms with E-state index in [0.29, 0.717) is 31.7 Å². The average molecular weight is 505 g/mol. The largest absolute Gasteiger partial charge is 0.467 e. The summed E-state index contributed by atoms with van der Waals surface area (Å²) in [4.78, 5) is 0. The predicted molar refractivity (Wildman–Crippen MR) is 128 cm³/mol. The monoisotopic (exact) mass is 504 g/mol. The van der Waals surface area contributed by atoms with Crippen LogP contribution >= 0.6 is 0 Å². The predicted octanol–water partition coefficient (Wildman–Crippen LogP) is -3.87. The van der Waals surface area contributed by atoms with E-state index in [1.54, 1.807) is 14.0 Å². The third kappa shape index (κ3) is 6.89. The number of nitrogens with two attached hydrogens (primary N) is 4. The van der Waals surface area contributed by atoms with Crippen LogP contribution < -0.4 is 33.6 Å². The average Bonchev–Trinajstić information content (AvgIpc) is 2.80. The lowest BCUT2D eigenvalue weighted by Gasteiger charge is -2.48. The fraction of sp³-hybridized carbons (Fsp3) is 0.909. The van der Waals surface area contributed by atoms with E-state index in [1.807, 2.05) is 6.08 Å². The van der Waals surface area contributed by atoms with Crippen LogP contribution in [0.4, 0.5) is 0 Å². The molecule has 3 rings (SSSR count). The van der Waals surface area contributed by atoms with Crippen LogP contribution in [0.2, 0.25) is 0 Å². The van der Waals surface area contributed by atoms with Crippen molar-refractivity contribution in [1.82, 2.24) is 10.6 Å². The molecule has 11 atom stereocenters. The first-order valence-electron chi connectivity index (χ1n) is 12.3. The normalized spacial score (nSPS) is 44.5. The van der Waals surface area contributed by atoms with Crippen molar-refractivity contribution in [3.8, 4) is 0 Å². The summed E-state index contributed by atoms with van der Waals surface area (Å²) in [6.07, 6.45) is -2.56. The second-order valence-electron chi connectivity index (χ2n) is 9.92. The quantitative estimate of drug-likeness (QED) is 0.130. The van der Waals surface area contributed by atoms with Crippen molar-refractivity contribution >= 4 is 0 Å².